The zero-order valence-corrected chi connectivity index (χ0v) is 10.2. The second-order valence-electron chi connectivity index (χ2n) is 4.33. The maximum absolute atomic E-state index is 12.4. The summed E-state index contributed by atoms with van der Waals surface area (Å²) in [6.45, 7) is 0. The lowest BCUT2D eigenvalue weighted by atomic mass is 10.0. The molecule has 1 aromatic rings. The van der Waals surface area contributed by atoms with Gasteiger partial charge in [0.25, 0.3) is 0 Å². The predicted octanol–water partition coefficient (Wildman–Crippen LogP) is 3.10. The van der Waals surface area contributed by atoms with Gasteiger partial charge in [-0.05, 0) is 30.5 Å². The third kappa shape index (κ3) is 3.07. The van der Waals surface area contributed by atoms with E-state index in [1.54, 1.807) is 0 Å². The Hall–Kier alpha value is -1.56. The second-order valence-corrected chi connectivity index (χ2v) is 4.33. The predicted molar refractivity (Wildman–Crippen MR) is 60.3 cm³/mol. The lowest BCUT2D eigenvalue weighted by Gasteiger charge is -2.13. The molecule has 1 aliphatic heterocycles. The van der Waals surface area contributed by atoms with Crippen LogP contribution in [-0.4, -0.2) is 19.2 Å². The smallest absolute Gasteiger partial charge is 0.416 e. The van der Waals surface area contributed by atoms with Crippen molar-refractivity contribution in [1.29, 1.82) is 0 Å². The van der Waals surface area contributed by atoms with E-state index in [1.165, 1.54) is 19.2 Å². The Morgan fingerprint density at radius 3 is 2.42 bits per heavy atom. The first-order chi connectivity index (χ1) is 8.91. The highest BCUT2D eigenvalue weighted by Gasteiger charge is 2.33. The normalized spacial score (nSPS) is 23.4. The molecule has 3 nitrogen and oxygen atoms in total. The maximum atomic E-state index is 12.4. The molecule has 0 unspecified atom stereocenters. The summed E-state index contributed by atoms with van der Waals surface area (Å²) in [5.41, 5.74) is -0.0573. The Morgan fingerprint density at radius 2 is 1.89 bits per heavy atom. The van der Waals surface area contributed by atoms with Gasteiger partial charge in [-0.25, -0.2) is 4.79 Å². The van der Waals surface area contributed by atoms with Crippen molar-refractivity contribution < 1.29 is 27.4 Å². The summed E-state index contributed by atoms with van der Waals surface area (Å²) in [4.78, 5) is 11.3. The Kier molecular flexibility index (Phi) is 3.80. The Labute approximate surface area is 108 Å². The molecule has 1 aromatic carbocycles. The van der Waals surface area contributed by atoms with Crippen LogP contribution in [0.25, 0.3) is 0 Å². The molecule has 0 N–H and O–H groups in total. The summed E-state index contributed by atoms with van der Waals surface area (Å²) in [6.07, 6.45) is -4.23. The monoisotopic (exact) mass is 274 g/mol. The number of ether oxygens (including phenoxy) is 2. The van der Waals surface area contributed by atoms with E-state index in [0.717, 1.165) is 12.1 Å². The van der Waals surface area contributed by atoms with Crippen LogP contribution >= 0.6 is 0 Å². The number of hydrogen-bond acceptors (Lipinski definition) is 3. The zero-order valence-electron chi connectivity index (χ0n) is 10.2. The first kappa shape index (κ1) is 13.9. The van der Waals surface area contributed by atoms with Gasteiger partial charge in [-0.1, -0.05) is 12.1 Å². The molecule has 2 atom stereocenters. The first-order valence-corrected chi connectivity index (χ1v) is 5.82. The number of methoxy groups -OCH3 is 1. The molecule has 1 heterocycles. The minimum atomic E-state index is -4.34. The minimum absolute atomic E-state index is 0.355. The van der Waals surface area contributed by atoms with Crippen molar-refractivity contribution in [3.63, 3.8) is 0 Å². The molecule has 1 aliphatic rings. The van der Waals surface area contributed by atoms with Gasteiger partial charge < -0.3 is 9.47 Å². The molecule has 6 heteroatoms. The number of carbonyl (C=O) groups is 1. The number of hydrogen-bond donors (Lipinski definition) is 0. The summed E-state index contributed by atoms with van der Waals surface area (Å²) < 4.78 is 47.3. The van der Waals surface area contributed by atoms with Gasteiger partial charge in [0.05, 0.1) is 18.8 Å². The van der Waals surface area contributed by atoms with Gasteiger partial charge in [0, 0.05) is 0 Å². The summed E-state index contributed by atoms with van der Waals surface area (Å²) in [5, 5.41) is 0. The SMILES string of the molecule is COC(=O)[C@H]1CC[C@@H](c2ccc(C(F)(F)F)cc2)O1. The average Bonchev–Trinajstić information content (AvgIpc) is 2.86. The third-order valence-corrected chi connectivity index (χ3v) is 3.09. The highest BCUT2D eigenvalue weighted by atomic mass is 19.4. The van der Waals surface area contributed by atoms with E-state index in [9.17, 15) is 18.0 Å². The van der Waals surface area contributed by atoms with Gasteiger partial charge in [0.15, 0.2) is 6.10 Å². The van der Waals surface area contributed by atoms with E-state index in [1.807, 2.05) is 0 Å². The largest absolute Gasteiger partial charge is 0.467 e. The van der Waals surface area contributed by atoms with Crippen LogP contribution in [0.4, 0.5) is 13.2 Å². The van der Waals surface area contributed by atoms with Crippen LogP contribution in [0.15, 0.2) is 24.3 Å². The molecule has 1 fully saturated rings. The number of carbonyl (C=O) groups excluding carboxylic acids is 1. The molecule has 2 rings (SSSR count). The second kappa shape index (κ2) is 5.21. The van der Waals surface area contributed by atoms with E-state index in [-0.39, 0.29) is 6.10 Å². The van der Waals surface area contributed by atoms with E-state index in [2.05, 4.69) is 4.74 Å². The molecule has 0 bridgehead atoms. The first-order valence-electron chi connectivity index (χ1n) is 5.82. The van der Waals surface area contributed by atoms with Crippen LogP contribution in [-0.2, 0) is 20.4 Å². The van der Waals surface area contributed by atoms with Crippen LogP contribution in [0, 0.1) is 0 Å². The van der Waals surface area contributed by atoms with Crippen molar-refractivity contribution in [2.24, 2.45) is 0 Å². The number of halogens is 3. The van der Waals surface area contributed by atoms with Crippen molar-refractivity contribution in [2.45, 2.75) is 31.2 Å². The van der Waals surface area contributed by atoms with Gasteiger partial charge in [0.1, 0.15) is 0 Å². The quantitative estimate of drug-likeness (QED) is 0.777. The summed E-state index contributed by atoms with van der Waals surface area (Å²) >= 11 is 0. The summed E-state index contributed by atoms with van der Waals surface area (Å²) in [6, 6.07) is 4.80. The zero-order chi connectivity index (χ0) is 14.0. The Balaban J connectivity index is 2.06. The molecule has 0 aromatic heterocycles. The number of benzene rings is 1. The summed E-state index contributed by atoms with van der Waals surface area (Å²) in [5.74, 6) is -0.450. The third-order valence-electron chi connectivity index (χ3n) is 3.09. The molecule has 104 valence electrons. The molecule has 19 heavy (non-hydrogen) atoms. The fourth-order valence-electron chi connectivity index (χ4n) is 2.07. The van der Waals surface area contributed by atoms with Gasteiger partial charge in [-0.2, -0.15) is 13.2 Å². The number of rotatable bonds is 2. The molecular weight excluding hydrogens is 261 g/mol. The van der Waals surface area contributed by atoms with Gasteiger partial charge >= 0.3 is 12.1 Å². The van der Waals surface area contributed by atoms with Crippen LogP contribution < -0.4 is 0 Å². The molecule has 1 saturated heterocycles. The summed E-state index contributed by atoms with van der Waals surface area (Å²) in [7, 11) is 1.27. The number of esters is 1. The fraction of sp³-hybridized carbons (Fsp3) is 0.462. The maximum Gasteiger partial charge on any atom is 0.416 e. The van der Waals surface area contributed by atoms with E-state index in [0.29, 0.717) is 18.4 Å². The van der Waals surface area contributed by atoms with E-state index in [4.69, 9.17) is 4.74 Å². The standard InChI is InChI=1S/C13H13F3O3/c1-18-12(17)11-7-6-10(19-11)8-2-4-9(5-3-8)13(14,15)16/h2-5,10-11H,6-7H2,1H3/t10-,11+/m0/s1. The Bertz CT molecular complexity index is 453. The van der Waals surface area contributed by atoms with Crippen LogP contribution in [0.1, 0.15) is 30.1 Å². The highest BCUT2D eigenvalue weighted by molar-refractivity contribution is 5.74. The Morgan fingerprint density at radius 1 is 1.26 bits per heavy atom. The van der Waals surface area contributed by atoms with Crippen molar-refractivity contribution in [3.05, 3.63) is 35.4 Å². The molecule has 0 spiro atoms. The molecule has 0 saturated carbocycles. The van der Waals surface area contributed by atoms with Gasteiger partial charge in [-0.3, -0.25) is 0 Å². The van der Waals surface area contributed by atoms with E-state index >= 15 is 0 Å². The molecular formula is C13H13F3O3. The van der Waals surface area contributed by atoms with Crippen LogP contribution in [0.2, 0.25) is 0 Å². The molecule has 0 radical (unpaired) electrons. The lowest BCUT2D eigenvalue weighted by Crippen LogP contribution is -2.21. The van der Waals surface area contributed by atoms with Crippen molar-refractivity contribution in [2.75, 3.05) is 7.11 Å². The van der Waals surface area contributed by atoms with Gasteiger partial charge in [0.2, 0.25) is 0 Å². The minimum Gasteiger partial charge on any atom is -0.467 e. The average molecular weight is 274 g/mol. The molecule has 0 amide bonds. The fourth-order valence-corrected chi connectivity index (χ4v) is 2.07. The van der Waals surface area contributed by atoms with Crippen molar-refractivity contribution >= 4 is 5.97 Å². The van der Waals surface area contributed by atoms with Crippen molar-refractivity contribution in [3.8, 4) is 0 Å². The molecule has 0 aliphatic carbocycles. The van der Waals surface area contributed by atoms with Crippen LogP contribution in [0.3, 0.4) is 0 Å². The number of alkyl halides is 3. The topological polar surface area (TPSA) is 35.5 Å². The van der Waals surface area contributed by atoms with Crippen molar-refractivity contribution in [1.82, 2.24) is 0 Å². The van der Waals surface area contributed by atoms with Gasteiger partial charge in [-0.15, -0.1) is 0 Å². The lowest BCUT2D eigenvalue weighted by molar-refractivity contribution is -0.153. The van der Waals surface area contributed by atoms with Crippen LogP contribution in [0.5, 0.6) is 0 Å². The highest BCUT2D eigenvalue weighted by Crippen LogP contribution is 2.35. The van der Waals surface area contributed by atoms with E-state index < -0.39 is 23.8 Å².